The Labute approximate surface area is 126 Å². The lowest BCUT2D eigenvalue weighted by atomic mass is 10.3. The Hall–Kier alpha value is -1.69. The third-order valence-corrected chi connectivity index (χ3v) is 3.90. The largest absolute Gasteiger partial charge is 0.342 e. The van der Waals surface area contributed by atoms with Crippen molar-refractivity contribution in [1.29, 1.82) is 0 Å². The first-order valence-corrected chi connectivity index (χ1v) is 7.76. The van der Waals surface area contributed by atoms with Gasteiger partial charge >= 0.3 is 0 Å². The van der Waals surface area contributed by atoms with Crippen molar-refractivity contribution in [3.05, 3.63) is 18.5 Å². The van der Waals surface area contributed by atoms with E-state index in [2.05, 4.69) is 19.8 Å². The van der Waals surface area contributed by atoms with Crippen molar-refractivity contribution in [2.75, 3.05) is 50.7 Å². The summed E-state index contributed by atoms with van der Waals surface area (Å²) in [6.07, 6.45) is 4.58. The standard InChI is InChI=1S/C15H25N5O/c1-3-19(4-2)14(21)13-18-9-6-10-20(12-11-18)15-16-7-5-8-17-15/h5,7-8H,3-4,6,9-13H2,1-2H3. The molecule has 2 heterocycles. The van der Waals surface area contributed by atoms with Crippen molar-refractivity contribution in [2.24, 2.45) is 0 Å². The normalized spacial score (nSPS) is 16.6. The molecule has 0 aromatic carbocycles. The van der Waals surface area contributed by atoms with Crippen LogP contribution in [0.3, 0.4) is 0 Å². The lowest BCUT2D eigenvalue weighted by Gasteiger charge is -2.25. The molecule has 2 rings (SSSR count). The quantitative estimate of drug-likeness (QED) is 0.805. The number of aromatic nitrogens is 2. The summed E-state index contributed by atoms with van der Waals surface area (Å²) >= 11 is 0. The number of hydrogen-bond donors (Lipinski definition) is 0. The average Bonchev–Trinajstić information content (AvgIpc) is 2.75. The minimum absolute atomic E-state index is 0.226. The molecule has 1 amide bonds. The highest BCUT2D eigenvalue weighted by Gasteiger charge is 2.20. The lowest BCUT2D eigenvalue weighted by molar-refractivity contribution is -0.132. The van der Waals surface area contributed by atoms with Gasteiger partial charge in [-0.2, -0.15) is 0 Å². The Balaban J connectivity index is 1.88. The molecule has 1 aromatic heterocycles. The van der Waals surface area contributed by atoms with E-state index < -0.39 is 0 Å². The highest BCUT2D eigenvalue weighted by atomic mass is 16.2. The predicted octanol–water partition coefficient (Wildman–Crippen LogP) is 0.857. The minimum atomic E-state index is 0.226. The van der Waals surface area contributed by atoms with Gasteiger partial charge in [-0.15, -0.1) is 0 Å². The van der Waals surface area contributed by atoms with Crippen LogP contribution in [0.2, 0.25) is 0 Å². The third kappa shape index (κ3) is 4.39. The summed E-state index contributed by atoms with van der Waals surface area (Å²) in [6, 6.07) is 1.83. The van der Waals surface area contributed by atoms with Crippen LogP contribution in [0.15, 0.2) is 18.5 Å². The van der Waals surface area contributed by atoms with Gasteiger partial charge in [-0.05, 0) is 26.3 Å². The van der Waals surface area contributed by atoms with Crippen molar-refractivity contribution >= 4 is 11.9 Å². The second-order valence-electron chi connectivity index (χ2n) is 5.23. The molecule has 0 aliphatic carbocycles. The first-order valence-electron chi connectivity index (χ1n) is 7.76. The number of rotatable bonds is 5. The molecule has 1 saturated heterocycles. The zero-order valence-corrected chi connectivity index (χ0v) is 13.0. The molecule has 0 atom stereocenters. The number of nitrogens with zero attached hydrogens (tertiary/aromatic N) is 5. The third-order valence-electron chi connectivity index (χ3n) is 3.90. The van der Waals surface area contributed by atoms with Gasteiger partial charge < -0.3 is 9.80 Å². The van der Waals surface area contributed by atoms with Gasteiger partial charge in [0.2, 0.25) is 11.9 Å². The number of anilines is 1. The summed E-state index contributed by atoms with van der Waals surface area (Å²) in [4.78, 5) is 27.1. The van der Waals surface area contributed by atoms with Crippen LogP contribution >= 0.6 is 0 Å². The number of amides is 1. The highest BCUT2D eigenvalue weighted by Crippen LogP contribution is 2.10. The number of hydrogen-bond acceptors (Lipinski definition) is 5. The zero-order chi connectivity index (χ0) is 15.1. The van der Waals surface area contributed by atoms with Crippen LogP contribution in [0.5, 0.6) is 0 Å². The van der Waals surface area contributed by atoms with Gasteiger partial charge in [-0.1, -0.05) is 0 Å². The maximum absolute atomic E-state index is 12.2. The smallest absolute Gasteiger partial charge is 0.236 e. The maximum Gasteiger partial charge on any atom is 0.236 e. The Morgan fingerprint density at radius 2 is 1.86 bits per heavy atom. The molecule has 1 aliphatic rings. The van der Waals surface area contributed by atoms with Crippen LogP contribution in [-0.4, -0.2) is 71.5 Å². The van der Waals surface area contributed by atoms with E-state index in [1.165, 1.54) is 0 Å². The predicted molar refractivity (Wildman–Crippen MR) is 83.2 cm³/mol. The van der Waals surface area contributed by atoms with Gasteiger partial charge in [0.05, 0.1) is 6.54 Å². The van der Waals surface area contributed by atoms with Crippen LogP contribution in [0.25, 0.3) is 0 Å². The van der Waals surface area contributed by atoms with Crippen LogP contribution in [0.4, 0.5) is 5.95 Å². The van der Waals surface area contributed by atoms with Gasteiger partial charge in [0.25, 0.3) is 0 Å². The van der Waals surface area contributed by atoms with Crippen LogP contribution in [-0.2, 0) is 4.79 Å². The number of carbonyl (C=O) groups is 1. The zero-order valence-electron chi connectivity index (χ0n) is 13.0. The average molecular weight is 291 g/mol. The van der Waals surface area contributed by atoms with E-state index in [1.54, 1.807) is 12.4 Å². The SMILES string of the molecule is CCN(CC)C(=O)CN1CCCN(c2ncccn2)CC1. The van der Waals surface area contributed by atoms with Crippen LogP contribution in [0, 0.1) is 0 Å². The monoisotopic (exact) mass is 291 g/mol. The molecule has 0 radical (unpaired) electrons. The molecule has 1 fully saturated rings. The molecular weight excluding hydrogens is 266 g/mol. The molecule has 1 aromatic rings. The van der Waals surface area contributed by atoms with E-state index >= 15 is 0 Å². The van der Waals surface area contributed by atoms with Gasteiger partial charge in [-0.25, -0.2) is 9.97 Å². The summed E-state index contributed by atoms with van der Waals surface area (Å²) in [6.45, 7) is 9.79. The van der Waals surface area contributed by atoms with E-state index in [-0.39, 0.29) is 5.91 Å². The molecule has 116 valence electrons. The Morgan fingerprint density at radius 3 is 2.52 bits per heavy atom. The summed E-state index contributed by atoms with van der Waals surface area (Å²) in [7, 11) is 0. The van der Waals surface area contributed by atoms with Crippen molar-refractivity contribution in [2.45, 2.75) is 20.3 Å². The second-order valence-corrected chi connectivity index (χ2v) is 5.23. The van der Waals surface area contributed by atoms with E-state index in [0.29, 0.717) is 6.54 Å². The fraction of sp³-hybridized carbons (Fsp3) is 0.667. The molecule has 0 saturated carbocycles. The topological polar surface area (TPSA) is 52.6 Å². The maximum atomic E-state index is 12.2. The molecule has 0 N–H and O–H groups in total. The first-order chi connectivity index (χ1) is 10.2. The van der Waals surface area contributed by atoms with Crippen molar-refractivity contribution in [3.63, 3.8) is 0 Å². The summed E-state index contributed by atoms with van der Waals surface area (Å²) < 4.78 is 0. The lowest BCUT2D eigenvalue weighted by Crippen LogP contribution is -2.41. The van der Waals surface area contributed by atoms with Crippen LogP contribution < -0.4 is 4.90 Å². The van der Waals surface area contributed by atoms with E-state index in [1.807, 2.05) is 24.8 Å². The molecule has 0 unspecified atom stereocenters. The van der Waals surface area contributed by atoms with Gasteiger partial charge in [0.1, 0.15) is 0 Å². The number of carbonyl (C=O) groups excluding carboxylic acids is 1. The van der Waals surface area contributed by atoms with Gasteiger partial charge in [0.15, 0.2) is 0 Å². The summed E-state index contributed by atoms with van der Waals surface area (Å²) in [5.41, 5.74) is 0. The van der Waals surface area contributed by atoms with Crippen molar-refractivity contribution < 1.29 is 4.79 Å². The second kappa shape index (κ2) is 7.93. The first kappa shape index (κ1) is 15.7. The van der Waals surface area contributed by atoms with Crippen LogP contribution in [0.1, 0.15) is 20.3 Å². The Bertz CT molecular complexity index is 435. The van der Waals surface area contributed by atoms with Gasteiger partial charge in [0, 0.05) is 51.7 Å². The summed E-state index contributed by atoms with van der Waals surface area (Å²) in [5, 5.41) is 0. The van der Waals surface area contributed by atoms with E-state index in [4.69, 9.17) is 0 Å². The summed E-state index contributed by atoms with van der Waals surface area (Å²) in [5.74, 6) is 1.01. The Kier molecular flexibility index (Phi) is 5.92. The molecule has 6 heteroatoms. The van der Waals surface area contributed by atoms with Crippen molar-refractivity contribution in [3.8, 4) is 0 Å². The fourth-order valence-electron chi connectivity index (χ4n) is 2.65. The minimum Gasteiger partial charge on any atom is -0.342 e. The highest BCUT2D eigenvalue weighted by molar-refractivity contribution is 5.78. The van der Waals surface area contributed by atoms with Crippen molar-refractivity contribution in [1.82, 2.24) is 19.8 Å². The molecule has 21 heavy (non-hydrogen) atoms. The van der Waals surface area contributed by atoms with E-state index in [0.717, 1.165) is 51.6 Å². The fourth-order valence-corrected chi connectivity index (χ4v) is 2.65. The molecule has 6 nitrogen and oxygen atoms in total. The number of likely N-dealkylation sites (N-methyl/N-ethyl adjacent to an activating group) is 1. The molecule has 1 aliphatic heterocycles. The van der Waals surface area contributed by atoms with Gasteiger partial charge in [-0.3, -0.25) is 9.69 Å². The van der Waals surface area contributed by atoms with E-state index in [9.17, 15) is 4.79 Å². The molecule has 0 spiro atoms. The molecular formula is C15H25N5O. The molecule has 0 bridgehead atoms. The Morgan fingerprint density at radius 1 is 1.14 bits per heavy atom.